The summed E-state index contributed by atoms with van der Waals surface area (Å²) in [5.74, 6) is -6.76. The van der Waals surface area contributed by atoms with Gasteiger partial charge in [-0.25, -0.2) is 4.79 Å². The van der Waals surface area contributed by atoms with E-state index in [1.54, 1.807) is 0 Å². The molecule has 0 saturated carbocycles. The summed E-state index contributed by atoms with van der Waals surface area (Å²) < 4.78 is 97.9. The maximum Gasteiger partial charge on any atom is 0.364 e. The highest BCUT2D eigenvalue weighted by Crippen LogP contribution is 2.34. The number of rotatable bonds is 55. The normalized spacial score (nSPS) is 30.1. The Morgan fingerprint density at radius 1 is 0.477 bits per heavy atom. The van der Waals surface area contributed by atoms with E-state index in [1.165, 1.54) is 21.0 Å². The van der Waals surface area contributed by atoms with Crippen molar-refractivity contribution in [2.24, 2.45) is 0 Å². The fourth-order valence-corrected chi connectivity index (χ4v) is 11.0. The topological polar surface area (TPSA) is 706 Å². The number of amides is 3. The zero-order chi connectivity index (χ0) is 80.6. The lowest BCUT2D eigenvalue weighted by atomic mass is 9.97. The van der Waals surface area contributed by atoms with E-state index in [1.807, 2.05) is 0 Å². The van der Waals surface area contributed by atoms with Crippen LogP contribution in [0.4, 0.5) is 0 Å². The lowest BCUT2D eigenvalue weighted by molar-refractivity contribution is -0.368. The molecule has 46 nitrogen and oxygen atoms in total. The minimum atomic E-state index is -2.80. The number of hydrogen-bond acceptors (Lipinski definition) is 42. The van der Waals surface area contributed by atoms with Crippen molar-refractivity contribution in [2.45, 2.75) is 244 Å². The summed E-state index contributed by atoms with van der Waals surface area (Å²) in [5.41, 5.74) is 0. The Morgan fingerprint density at radius 2 is 0.981 bits per heavy atom. The minimum Gasteiger partial charge on any atom is -0.477 e. The van der Waals surface area contributed by atoms with Crippen LogP contribution in [0.5, 0.6) is 0 Å². The number of aliphatic carboxylic acids is 1. The van der Waals surface area contributed by atoms with Gasteiger partial charge in [0.2, 0.25) is 17.7 Å². The molecular weight excluding hydrogens is 1460 g/mol. The average Bonchev–Trinajstić information content (AvgIpc) is 0.803. The third-order valence-corrected chi connectivity index (χ3v) is 16.9. The number of methoxy groups -OCH3 is 1. The summed E-state index contributed by atoms with van der Waals surface area (Å²) in [4.78, 5) is 48.7. The third kappa shape index (κ3) is 29.7. The Bertz CT molecular complexity index is 2460. The van der Waals surface area contributed by atoms with Gasteiger partial charge in [0.1, 0.15) is 160 Å². The first kappa shape index (κ1) is 97.6. The van der Waals surface area contributed by atoms with Crippen LogP contribution in [0.15, 0.2) is 0 Å². The van der Waals surface area contributed by atoms with Gasteiger partial charge in [-0.3, -0.25) is 14.4 Å². The van der Waals surface area contributed by atoms with Crippen molar-refractivity contribution in [3.8, 4) is 0 Å². The van der Waals surface area contributed by atoms with Gasteiger partial charge in [0.05, 0.1) is 98.1 Å². The molecule has 107 heavy (non-hydrogen) atoms. The number of carboxylic acids is 1. The van der Waals surface area contributed by atoms with Crippen molar-refractivity contribution in [3.05, 3.63) is 0 Å². The van der Waals surface area contributed by atoms with Gasteiger partial charge in [0.25, 0.3) is 5.79 Å². The molecule has 3 saturated heterocycles. The Kier molecular flexibility index (Phi) is 45.4. The number of ether oxygens (including phenoxy) is 17. The molecule has 0 bridgehead atoms. The van der Waals surface area contributed by atoms with E-state index in [-0.39, 0.29) is 0 Å². The highest BCUT2D eigenvalue weighted by atomic mass is 16.8. The van der Waals surface area contributed by atoms with E-state index in [4.69, 9.17) is 80.5 Å². The SMILES string of the molecule is CC[C@@](OCC1O[C@@H](O[C@@H](C(C)O)C(CO)OCOC(CO)[C@H](OCCO)OC2C(O)[C@H](O[C@H](C(O)CO)C(O)CNC(C)=O)OC(CO[C@H]3OC(COCOC(CO)[C@@H](OC)C(C)O)[C@@H](O)C(O)C3O[C@H](OCCO)C(CO)NC(C)=O)[C@H]2O)C(O)C(O)[C@H]1O)(OC(CNC(C)=O)[C@H](O)[C@H](O)CO)C(=O)O. The van der Waals surface area contributed by atoms with Gasteiger partial charge < -0.3 is 209 Å². The predicted molar refractivity (Wildman–Crippen MR) is 345 cm³/mol. The number of carbonyl (C=O) groups excluding carboxylic acids is 3. The average molecular weight is 1580 g/mol. The highest BCUT2D eigenvalue weighted by Gasteiger charge is 2.54. The number of nitrogens with one attached hydrogen (secondary N) is 3. The fourth-order valence-electron chi connectivity index (χ4n) is 11.0. The molecule has 46 heteroatoms. The summed E-state index contributed by atoms with van der Waals surface area (Å²) in [6.45, 7) is -7.61. The molecule has 18 unspecified atom stereocenters. The van der Waals surface area contributed by atoms with Crippen molar-refractivity contribution in [3.63, 3.8) is 0 Å². The monoisotopic (exact) mass is 1580 g/mol. The molecule has 3 heterocycles. The summed E-state index contributed by atoms with van der Waals surface area (Å²) in [7, 11) is 1.24. The smallest absolute Gasteiger partial charge is 0.364 e. The Morgan fingerprint density at radius 3 is 1.50 bits per heavy atom. The predicted octanol–water partition coefficient (Wildman–Crippen LogP) is -14.5. The molecule has 3 aliphatic rings. The second-order valence-electron chi connectivity index (χ2n) is 25.0. The molecule has 0 aliphatic carbocycles. The van der Waals surface area contributed by atoms with Crippen molar-refractivity contribution in [1.29, 1.82) is 0 Å². The molecular formula is C61H113N3O43. The Hall–Kier alpha value is -3.64. The second-order valence-corrected chi connectivity index (χ2v) is 25.0. The largest absolute Gasteiger partial charge is 0.477 e. The van der Waals surface area contributed by atoms with Crippen LogP contribution >= 0.6 is 0 Å². The first-order chi connectivity index (χ1) is 50.6. The number of aliphatic hydroxyl groups is 21. The van der Waals surface area contributed by atoms with Crippen LogP contribution in [0.3, 0.4) is 0 Å². The number of carbonyl (C=O) groups is 4. The van der Waals surface area contributed by atoms with Gasteiger partial charge in [-0.1, -0.05) is 6.92 Å². The maximum absolute atomic E-state index is 12.8. The molecule has 0 aromatic heterocycles. The Balaban J connectivity index is 2.06. The van der Waals surface area contributed by atoms with E-state index in [9.17, 15) is 132 Å². The van der Waals surface area contributed by atoms with Crippen molar-refractivity contribution < 1.29 is 212 Å². The van der Waals surface area contributed by atoms with Gasteiger partial charge >= 0.3 is 5.97 Å². The van der Waals surface area contributed by atoms with Gasteiger partial charge in [-0.2, -0.15) is 0 Å². The molecule has 3 fully saturated rings. The quantitative estimate of drug-likeness (QED) is 0.0199. The molecule has 630 valence electrons. The van der Waals surface area contributed by atoms with E-state index in [0.29, 0.717) is 0 Å². The van der Waals surface area contributed by atoms with Crippen LogP contribution in [0, 0.1) is 0 Å². The zero-order valence-electron chi connectivity index (χ0n) is 60.0. The van der Waals surface area contributed by atoms with Gasteiger partial charge in [-0.15, -0.1) is 0 Å². The molecule has 0 spiro atoms. The van der Waals surface area contributed by atoms with Crippen molar-refractivity contribution in [1.82, 2.24) is 16.0 Å². The first-order valence-electron chi connectivity index (χ1n) is 34.1. The lowest BCUT2D eigenvalue weighted by Crippen LogP contribution is -2.65. The van der Waals surface area contributed by atoms with Gasteiger partial charge in [0, 0.05) is 47.4 Å². The summed E-state index contributed by atoms with van der Waals surface area (Å²) in [6.07, 6.45) is -58.1. The molecule has 3 amide bonds. The second kappa shape index (κ2) is 49.8. The summed E-state index contributed by atoms with van der Waals surface area (Å²) >= 11 is 0. The molecule has 32 atom stereocenters. The number of hydrogen-bond donors (Lipinski definition) is 25. The van der Waals surface area contributed by atoms with Gasteiger partial charge in [-0.05, 0) is 13.8 Å². The van der Waals surface area contributed by atoms with Crippen LogP contribution in [-0.4, -0.2) is 452 Å². The molecule has 3 aliphatic heterocycles. The third-order valence-electron chi connectivity index (χ3n) is 16.9. The van der Waals surface area contributed by atoms with Crippen LogP contribution in [0.25, 0.3) is 0 Å². The van der Waals surface area contributed by atoms with E-state index < -0.39 is 339 Å². The molecule has 3 rings (SSSR count). The molecule has 0 radical (unpaired) electrons. The van der Waals surface area contributed by atoms with Crippen LogP contribution < -0.4 is 16.0 Å². The van der Waals surface area contributed by atoms with Crippen LogP contribution in [-0.2, 0) is 99.7 Å². The zero-order valence-corrected chi connectivity index (χ0v) is 60.0. The number of aliphatic hydroxyl groups excluding tert-OH is 21. The molecule has 0 aromatic rings. The van der Waals surface area contributed by atoms with Crippen LogP contribution in [0.1, 0.15) is 48.0 Å². The Labute approximate surface area is 613 Å². The van der Waals surface area contributed by atoms with E-state index in [2.05, 4.69) is 16.0 Å². The van der Waals surface area contributed by atoms with Crippen molar-refractivity contribution >= 4 is 23.7 Å². The summed E-state index contributed by atoms with van der Waals surface area (Å²) in [6, 6.07) is -1.47. The van der Waals surface area contributed by atoms with Crippen molar-refractivity contribution in [2.75, 3.05) is 120 Å². The minimum absolute atomic E-state index is 0.523. The van der Waals surface area contributed by atoms with E-state index >= 15 is 0 Å². The molecule has 0 aromatic carbocycles. The van der Waals surface area contributed by atoms with E-state index in [0.717, 1.165) is 27.7 Å². The standard InChI is InChI=1S/C61H113N3O43/c1-8-61(60(89)90,107-35(14-63-29(5)76)42(81)33(79)16-68)99-23-41-43(82)46(85)48(87)57(101-41)103-51(27(3)74)37(19-71)97-25-98-38(20-72)56(94-12-10-66)105-53-45(84)40(100-58(49(53)88)104-52(34(80)17-69)32(78)13-62-28(4)75)22-95-59-54(106-55(93-11-9-65)31(15-67)64-30(6)77)47(86)44(83)39(102-59)21-92-24-96-36(18-70)50(91-7)26(2)73/h26-27,31-59,65-74,78-88H,8-25H2,1-7H3,(H,62,75)(H,63,76)(H,64,77)(H,89,90)/t26?,27?,31?,32?,33-,34?,35?,36?,37?,38?,39?,40?,41?,42-,43+,44-,45-,46?,47?,48?,49?,50+,51+,52+,53?,54?,55+,56-,57+,58+,59+,61-/m1/s1. The van der Waals surface area contributed by atoms with Crippen LogP contribution in [0.2, 0.25) is 0 Å². The highest BCUT2D eigenvalue weighted by molar-refractivity contribution is 5.76. The fraction of sp³-hybridized carbons (Fsp3) is 0.934. The maximum atomic E-state index is 12.8. The summed E-state index contributed by atoms with van der Waals surface area (Å²) in [5, 5.41) is 243. The first-order valence-corrected chi connectivity index (χ1v) is 34.1. The molecule has 25 N–H and O–H groups in total. The number of carboxylic acid groups (broad SMARTS) is 1. The lowest BCUT2D eigenvalue weighted by Gasteiger charge is -2.46. The van der Waals surface area contributed by atoms with Gasteiger partial charge in [0.15, 0.2) is 31.5 Å².